The monoisotopic (exact) mass is 246 g/mol. The summed E-state index contributed by atoms with van der Waals surface area (Å²) in [6.45, 7) is 1.79. The van der Waals surface area contributed by atoms with Crippen LogP contribution in [0.15, 0.2) is 42.5 Å². The van der Waals surface area contributed by atoms with Crippen molar-refractivity contribution in [1.82, 2.24) is 0 Å². The van der Waals surface area contributed by atoms with E-state index in [4.69, 9.17) is 4.74 Å². The molecule has 2 nitrogen and oxygen atoms in total. The molecule has 3 heteroatoms. The lowest BCUT2D eigenvalue weighted by Gasteiger charge is -2.12. The van der Waals surface area contributed by atoms with Crippen LogP contribution in [-0.2, 0) is 13.0 Å². The molecule has 0 atom stereocenters. The zero-order valence-electron chi connectivity index (χ0n) is 10.2. The summed E-state index contributed by atoms with van der Waals surface area (Å²) in [7, 11) is 0. The molecule has 18 heavy (non-hydrogen) atoms. The Morgan fingerprint density at radius 2 is 1.78 bits per heavy atom. The first-order valence-electron chi connectivity index (χ1n) is 5.89. The first-order valence-corrected chi connectivity index (χ1v) is 5.89. The number of halogens is 1. The SMILES string of the molecule is CCc1ccccc1Oc1ccc(F)cc1CO. The van der Waals surface area contributed by atoms with Gasteiger partial charge >= 0.3 is 0 Å². The van der Waals surface area contributed by atoms with Crippen LogP contribution in [0.2, 0.25) is 0 Å². The summed E-state index contributed by atoms with van der Waals surface area (Å²) in [6.07, 6.45) is 0.853. The normalized spacial score (nSPS) is 10.4. The molecular weight excluding hydrogens is 231 g/mol. The first kappa shape index (κ1) is 12.6. The summed E-state index contributed by atoms with van der Waals surface area (Å²) in [5.41, 5.74) is 1.52. The molecule has 0 amide bonds. The van der Waals surface area contributed by atoms with E-state index in [1.807, 2.05) is 31.2 Å². The van der Waals surface area contributed by atoms with E-state index in [1.165, 1.54) is 18.2 Å². The molecule has 0 bridgehead atoms. The van der Waals surface area contributed by atoms with E-state index in [2.05, 4.69) is 0 Å². The Labute approximate surface area is 106 Å². The van der Waals surface area contributed by atoms with E-state index < -0.39 is 0 Å². The van der Waals surface area contributed by atoms with Crippen molar-refractivity contribution in [2.45, 2.75) is 20.0 Å². The molecule has 0 aliphatic heterocycles. The molecule has 0 spiro atoms. The predicted octanol–water partition coefficient (Wildman–Crippen LogP) is 3.67. The maximum absolute atomic E-state index is 13.1. The van der Waals surface area contributed by atoms with E-state index in [9.17, 15) is 9.50 Å². The van der Waals surface area contributed by atoms with Gasteiger partial charge in [-0.2, -0.15) is 0 Å². The number of para-hydroxylation sites is 1. The average Bonchev–Trinajstić information content (AvgIpc) is 2.41. The van der Waals surface area contributed by atoms with Gasteiger partial charge in [-0.3, -0.25) is 0 Å². The summed E-state index contributed by atoms with van der Waals surface area (Å²) in [6, 6.07) is 11.8. The molecular formula is C15H15FO2. The molecule has 2 aromatic rings. The second kappa shape index (κ2) is 5.65. The first-order chi connectivity index (χ1) is 8.74. The molecule has 0 saturated heterocycles. The maximum atomic E-state index is 13.1. The number of hydrogen-bond acceptors (Lipinski definition) is 2. The quantitative estimate of drug-likeness (QED) is 0.891. The number of benzene rings is 2. The highest BCUT2D eigenvalue weighted by Gasteiger charge is 2.08. The van der Waals surface area contributed by atoms with Crippen LogP contribution >= 0.6 is 0 Å². The zero-order chi connectivity index (χ0) is 13.0. The fourth-order valence-corrected chi connectivity index (χ4v) is 1.79. The molecule has 0 heterocycles. The number of aryl methyl sites for hydroxylation is 1. The van der Waals surface area contributed by atoms with Crippen molar-refractivity contribution in [3.63, 3.8) is 0 Å². The second-order valence-electron chi connectivity index (χ2n) is 3.97. The van der Waals surface area contributed by atoms with Crippen LogP contribution in [0.4, 0.5) is 4.39 Å². The number of aliphatic hydroxyl groups excluding tert-OH is 1. The maximum Gasteiger partial charge on any atom is 0.133 e. The lowest BCUT2D eigenvalue weighted by Crippen LogP contribution is -1.95. The topological polar surface area (TPSA) is 29.5 Å². The van der Waals surface area contributed by atoms with Crippen molar-refractivity contribution < 1.29 is 14.2 Å². The molecule has 0 saturated carbocycles. The van der Waals surface area contributed by atoms with E-state index in [1.54, 1.807) is 0 Å². The number of aliphatic hydroxyl groups is 1. The zero-order valence-corrected chi connectivity index (χ0v) is 10.2. The van der Waals surface area contributed by atoms with Crippen LogP contribution in [-0.4, -0.2) is 5.11 Å². The van der Waals surface area contributed by atoms with Crippen LogP contribution < -0.4 is 4.74 Å². The highest BCUT2D eigenvalue weighted by Crippen LogP contribution is 2.28. The third-order valence-electron chi connectivity index (χ3n) is 2.77. The van der Waals surface area contributed by atoms with Gasteiger partial charge < -0.3 is 9.84 Å². The van der Waals surface area contributed by atoms with E-state index in [-0.39, 0.29) is 12.4 Å². The standard InChI is InChI=1S/C15H15FO2/c1-2-11-5-3-4-6-14(11)18-15-8-7-13(16)9-12(15)10-17/h3-9,17H,2,10H2,1H3. The van der Waals surface area contributed by atoms with Crippen LogP contribution in [0, 0.1) is 5.82 Å². The van der Waals surface area contributed by atoms with E-state index in [0.717, 1.165) is 17.7 Å². The minimum atomic E-state index is -0.379. The third-order valence-corrected chi connectivity index (χ3v) is 2.77. The lowest BCUT2D eigenvalue weighted by atomic mass is 10.1. The molecule has 94 valence electrons. The number of hydrogen-bond donors (Lipinski definition) is 1. The number of rotatable bonds is 4. The van der Waals surface area contributed by atoms with Gasteiger partial charge in [0.2, 0.25) is 0 Å². The number of ether oxygens (including phenoxy) is 1. The van der Waals surface area contributed by atoms with Crippen LogP contribution in [0.1, 0.15) is 18.1 Å². The highest BCUT2D eigenvalue weighted by atomic mass is 19.1. The molecule has 0 aliphatic carbocycles. The van der Waals surface area contributed by atoms with Crippen LogP contribution in [0.25, 0.3) is 0 Å². The fourth-order valence-electron chi connectivity index (χ4n) is 1.79. The van der Waals surface area contributed by atoms with Gasteiger partial charge in [0.25, 0.3) is 0 Å². The van der Waals surface area contributed by atoms with E-state index >= 15 is 0 Å². The van der Waals surface area contributed by atoms with Gasteiger partial charge in [-0.1, -0.05) is 25.1 Å². The Morgan fingerprint density at radius 3 is 2.50 bits per heavy atom. The Morgan fingerprint density at radius 1 is 1.06 bits per heavy atom. The van der Waals surface area contributed by atoms with Crippen LogP contribution in [0.3, 0.4) is 0 Å². The smallest absolute Gasteiger partial charge is 0.133 e. The molecule has 0 aliphatic rings. The van der Waals surface area contributed by atoms with Crippen molar-refractivity contribution in [1.29, 1.82) is 0 Å². The minimum Gasteiger partial charge on any atom is -0.457 e. The van der Waals surface area contributed by atoms with Crippen molar-refractivity contribution in [2.24, 2.45) is 0 Å². The van der Waals surface area contributed by atoms with Crippen molar-refractivity contribution in [3.05, 3.63) is 59.4 Å². The van der Waals surface area contributed by atoms with Gasteiger partial charge in [0, 0.05) is 5.56 Å². The van der Waals surface area contributed by atoms with Gasteiger partial charge in [0.05, 0.1) is 6.61 Å². The molecule has 1 N–H and O–H groups in total. The van der Waals surface area contributed by atoms with Gasteiger partial charge in [0.15, 0.2) is 0 Å². The van der Waals surface area contributed by atoms with Crippen molar-refractivity contribution >= 4 is 0 Å². The highest BCUT2D eigenvalue weighted by molar-refractivity contribution is 5.41. The van der Waals surface area contributed by atoms with Crippen LogP contribution in [0.5, 0.6) is 11.5 Å². The average molecular weight is 246 g/mol. The largest absolute Gasteiger partial charge is 0.457 e. The summed E-state index contributed by atoms with van der Waals surface area (Å²) in [5, 5.41) is 9.20. The molecule has 2 rings (SSSR count). The lowest BCUT2D eigenvalue weighted by molar-refractivity contribution is 0.275. The van der Waals surface area contributed by atoms with Crippen molar-refractivity contribution in [2.75, 3.05) is 0 Å². The van der Waals surface area contributed by atoms with Gasteiger partial charge in [-0.25, -0.2) is 4.39 Å². The molecule has 0 fully saturated rings. The summed E-state index contributed by atoms with van der Waals surface area (Å²) >= 11 is 0. The summed E-state index contributed by atoms with van der Waals surface area (Å²) in [4.78, 5) is 0. The minimum absolute atomic E-state index is 0.249. The van der Waals surface area contributed by atoms with E-state index in [0.29, 0.717) is 11.3 Å². The summed E-state index contributed by atoms with van der Waals surface area (Å²) < 4.78 is 18.8. The van der Waals surface area contributed by atoms with Gasteiger partial charge in [0.1, 0.15) is 17.3 Å². The molecule has 0 radical (unpaired) electrons. The Balaban J connectivity index is 2.33. The molecule has 0 aromatic heterocycles. The summed E-state index contributed by atoms with van der Waals surface area (Å²) in [5.74, 6) is 0.844. The Bertz CT molecular complexity index is 538. The Kier molecular flexibility index (Phi) is 3.95. The second-order valence-corrected chi connectivity index (χ2v) is 3.97. The molecule has 2 aromatic carbocycles. The Hall–Kier alpha value is -1.87. The molecule has 0 unspecified atom stereocenters. The van der Waals surface area contributed by atoms with Crippen molar-refractivity contribution in [3.8, 4) is 11.5 Å². The predicted molar refractivity (Wildman–Crippen MR) is 68.2 cm³/mol. The van der Waals surface area contributed by atoms with Gasteiger partial charge in [-0.05, 0) is 36.2 Å². The third kappa shape index (κ3) is 2.68. The van der Waals surface area contributed by atoms with Gasteiger partial charge in [-0.15, -0.1) is 0 Å². The fraction of sp³-hybridized carbons (Fsp3) is 0.200.